The van der Waals surface area contributed by atoms with Crippen molar-refractivity contribution in [3.8, 4) is 22.8 Å². The molecule has 1 aliphatic rings. The molecule has 4 rings (SSSR count). The van der Waals surface area contributed by atoms with E-state index < -0.39 is 0 Å². The first kappa shape index (κ1) is 15.6. The number of ether oxygens (including phenoxy) is 2. The molecule has 3 aromatic rings. The van der Waals surface area contributed by atoms with Gasteiger partial charge in [-0.3, -0.25) is 0 Å². The van der Waals surface area contributed by atoms with E-state index in [1.54, 1.807) is 0 Å². The molecule has 2 aromatic carbocycles. The molecule has 24 heavy (non-hydrogen) atoms. The van der Waals surface area contributed by atoms with Crippen LogP contribution in [-0.2, 0) is 6.54 Å². The van der Waals surface area contributed by atoms with Crippen molar-refractivity contribution in [3.63, 3.8) is 0 Å². The van der Waals surface area contributed by atoms with Crippen LogP contribution in [0, 0.1) is 0 Å². The minimum absolute atomic E-state index is 0.280. The Labute approximate surface area is 156 Å². The predicted molar refractivity (Wildman–Crippen MR) is 99.4 cm³/mol. The first-order chi connectivity index (χ1) is 11.7. The van der Waals surface area contributed by atoms with Crippen LogP contribution in [0.3, 0.4) is 0 Å². The number of hydrogen-bond donors (Lipinski definition) is 1. The molecule has 1 aliphatic heterocycles. The summed E-state index contributed by atoms with van der Waals surface area (Å²) in [6.07, 6.45) is 0. The van der Waals surface area contributed by atoms with E-state index in [0.29, 0.717) is 6.54 Å². The van der Waals surface area contributed by atoms with Gasteiger partial charge in [-0.2, -0.15) is 0 Å². The van der Waals surface area contributed by atoms with Crippen molar-refractivity contribution >= 4 is 37.5 Å². The fourth-order valence-electron chi connectivity index (χ4n) is 2.50. The molecule has 0 spiro atoms. The van der Waals surface area contributed by atoms with Crippen molar-refractivity contribution in [1.82, 2.24) is 0 Å². The van der Waals surface area contributed by atoms with Gasteiger partial charge >= 0.3 is 0 Å². The van der Waals surface area contributed by atoms with E-state index in [4.69, 9.17) is 13.9 Å². The molecule has 0 saturated heterocycles. The summed E-state index contributed by atoms with van der Waals surface area (Å²) < 4.78 is 18.6. The van der Waals surface area contributed by atoms with Gasteiger partial charge in [0, 0.05) is 26.3 Å². The molecule has 1 aromatic heterocycles. The van der Waals surface area contributed by atoms with Crippen LogP contribution in [0.2, 0.25) is 0 Å². The predicted octanol–water partition coefficient (Wildman–Crippen LogP) is 5.81. The van der Waals surface area contributed by atoms with E-state index in [-0.39, 0.29) is 6.79 Å². The third-order valence-corrected chi connectivity index (χ3v) is 4.85. The molecular formula is C18H13Br2NO3. The second kappa shape index (κ2) is 6.53. The largest absolute Gasteiger partial charge is 0.459 e. The lowest BCUT2D eigenvalue weighted by Crippen LogP contribution is -1.97. The van der Waals surface area contributed by atoms with Crippen molar-refractivity contribution in [1.29, 1.82) is 0 Å². The number of hydrogen-bond acceptors (Lipinski definition) is 4. The van der Waals surface area contributed by atoms with Crippen LogP contribution in [0.15, 0.2) is 61.9 Å². The lowest BCUT2D eigenvalue weighted by Gasteiger charge is -2.06. The molecule has 0 radical (unpaired) electrons. The molecule has 0 saturated carbocycles. The molecule has 122 valence electrons. The van der Waals surface area contributed by atoms with E-state index in [1.807, 2.05) is 48.5 Å². The van der Waals surface area contributed by atoms with Gasteiger partial charge in [0.25, 0.3) is 0 Å². The zero-order valence-corrected chi connectivity index (χ0v) is 15.7. The molecule has 4 nitrogen and oxygen atoms in total. The van der Waals surface area contributed by atoms with Gasteiger partial charge < -0.3 is 19.2 Å². The molecule has 0 amide bonds. The molecular weight excluding hydrogens is 438 g/mol. The zero-order valence-electron chi connectivity index (χ0n) is 12.5. The number of halogens is 2. The quantitative estimate of drug-likeness (QED) is 0.544. The number of benzene rings is 2. The van der Waals surface area contributed by atoms with Gasteiger partial charge in [-0.1, -0.05) is 15.9 Å². The van der Waals surface area contributed by atoms with E-state index in [0.717, 1.165) is 43.2 Å². The summed E-state index contributed by atoms with van der Waals surface area (Å²) in [5, 5.41) is 3.33. The van der Waals surface area contributed by atoms with E-state index in [9.17, 15) is 0 Å². The summed E-state index contributed by atoms with van der Waals surface area (Å²) in [6.45, 7) is 0.871. The fourth-order valence-corrected chi connectivity index (χ4v) is 3.75. The van der Waals surface area contributed by atoms with E-state index in [1.165, 1.54) is 0 Å². The molecule has 0 atom stereocenters. The van der Waals surface area contributed by atoms with E-state index in [2.05, 4.69) is 37.2 Å². The number of furan rings is 1. The molecule has 0 unspecified atom stereocenters. The Morgan fingerprint density at radius 3 is 2.67 bits per heavy atom. The number of rotatable bonds is 4. The molecule has 0 aliphatic carbocycles. The third kappa shape index (κ3) is 3.16. The maximum Gasteiger partial charge on any atom is 0.231 e. The van der Waals surface area contributed by atoms with Gasteiger partial charge in [-0.05, 0) is 58.4 Å². The Morgan fingerprint density at radius 2 is 1.79 bits per heavy atom. The van der Waals surface area contributed by atoms with Crippen LogP contribution in [0.5, 0.6) is 11.5 Å². The first-order valence-electron chi connectivity index (χ1n) is 7.37. The van der Waals surface area contributed by atoms with Crippen molar-refractivity contribution < 1.29 is 13.9 Å². The second-order valence-corrected chi connectivity index (χ2v) is 7.08. The Morgan fingerprint density at radius 1 is 0.917 bits per heavy atom. The zero-order chi connectivity index (χ0) is 16.5. The monoisotopic (exact) mass is 449 g/mol. The summed E-state index contributed by atoms with van der Waals surface area (Å²) >= 11 is 7.02. The fraction of sp³-hybridized carbons (Fsp3) is 0.111. The number of nitrogens with one attached hydrogen (secondary N) is 1. The van der Waals surface area contributed by atoms with Crippen LogP contribution in [0.4, 0.5) is 5.69 Å². The summed E-state index contributed by atoms with van der Waals surface area (Å²) in [5.41, 5.74) is 1.98. The Bertz CT molecular complexity index is 892. The number of fused-ring (bicyclic) bond motifs is 1. The third-order valence-electron chi connectivity index (χ3n) is 3.70. The van der Waals surface area contributed by atoms with Crippen LogP contribution < -0.4 is 14.8 Å². The van der Waals surface area contributed by atoms with Crippen LogP contribution in [0.25, 0.3) is 11.3 Å². The highest BCUT2D eigenvalue weighted by molar-refractivity contribution is 9.11. The lowest BCUT2D eigenvalue weighted by atomic mass is 10.2. The van der Waals surface area contributed by atoms with Gasteiger partial charge in [-0.25, -0.2) is 0 Å². The molecule has 0 fully saturated rings. The van der Waals surface area contributed by atoms with E-state index >= 15 is 0 Å². The maximum atomic E-state index is 5.94. The SMILES string of the molecule is Brc1ccc(-c2ccc(CNc3ccc4c(c3)OCO4)o2)c(Br)c1. The summed E-state index contributed by atoms with van der Waals surface area (Å²) in [5.74, 6) is 3.23. The van der Waals surface area contributed by atoms with Crippen LogP contribution in [-0.4, -0.2) is 6.79 Å². The van der Waals surface area contributed by atoms with Gasteiger partial charge in [0.05, 0.1) is 6.54 Å². The molecule has 1 N–H and O–H groups in total. The molecule has 6 heteroatoms. The minimum atomic E-state index is 0.280. The van der Waals surface area contributed by atoms with Crippen molar-refractivity contribution in [2.45, 2.75) is 6.54 Å². The second-order valence-electron chi connectivity index (χ2n) is 5.31. The molecule has 2 heterocycles. The average molecular weight is 451 g/mol. The summed E-state index contributed by atoms with van der Waals surface area (Å²) in [6, 6.07) is 15.8. The lowest BCUT2D eigenvalue weighted by molar-refractivity contribution is 0.174. The first-order valence-corrected chi connectivity index (χ1v) is 8.95. The summed E-state index contributed by atoms with van der Waals surface area (Å²) in [7, 11) is 0. The minimum Gasteiger partial charge on any atom is -0.459 e. The Balaban J connectivity index is 1.47. The van der Waals surface area contributed by atoms with Gasteiger partial charge in [0.2, 0.25) is 6.79 Å². The number of anilines is 1. The van der Waals surface area contributed by atoms with Crippen LogP contribution in [0.1, 0.15) is 5.76 Å². The van der Waals surface area contributed by atoms with Gasteiger partial charge in [0.1, 0.15) is 11.5 Å². The normalized spacial score (nSPS) is 12.4. The highest BCUT2D eigenvalue weighted by Gasteiger charge is 2.13. The maximum absolute atomic E-state index is 5.94. The van der Waals surface area contributed by atoms with Crippen molar-refractivity contribution in [2.75, 3.05) is 12.1 Å². The van der Waals surface area contributed by atoms with Crippen molar-refractivity contribution in [2.24, 2.45) is 0 Å². The van der Waals surface area contributed by atoms with Gasteiger partial charge in [0.15, 0.2) is 11.5 Å². The standard InChI is InChI=1S/C18H13Br2NO3/c19-11-1-4-14(15(20)7-11)16-6-3-13(24-16)9-21-12-2-5-17-18(8-12)23-10-22-17/h1-8,21H,9-10H2. The Hall–Kier alpha value is -1.92. The Kier molecular flexibility index (Phi) is 4.24. The highest BCUT2D eigenvalue weighted by atomic mass is 79.9. The topological polar surface area (TPSA) is 43.6 Å². The summed E-state index contributed by atoms with van der Waals surface area (Å²) in [4.78, 5) is 0. The van der Waals surface area contributed by atoms with Gasteiger partial charge in [-0.15, -0.1) is 0 Å². The van der Waals surface area contributed by atoms with Crippen molar-refractivity contribution in [3.05, 3.63) is 63.2 Å². The smallest absolute Gasteiger partial charge is 0.231 e. The van der Waals surface area contributed by atoms with Crippen LogP contribution >= 0.6 is 31.9 Å². The highest BCUT2D eigenvalue weighted by Crippen LogP contribution is 2.35. The average Bonchev–Trinajstić information content (AvgIpc) is 3.21. The molecule has 0 bridgehead atoms.